The average Bonchev–Trinajstić information content (AvgIpc) is 2.41. The summed E-state index contributed by atoms with van der Waals surface area (Å²) in [7, 11) is 1.67. The zero-order valence-electron chi connectivity index (χ0n) is 11.6. The third-order valence-corrected chi connectivity index (χ3v) is 2.67. The van der Waals surface area contributed by atoms with Crippen LogP contribution in [0.4, 0.5) is 17.1 Å². The molecule has 3 heteroatoms. The van der Waals surface area contributed by atoms with Gasteiger partial charge in [0.2, 0.25) is 0 Å². The van der Waals surface area contributed by atoms with Gasteiger partial charge in [-0.2, -0.15) is 0 Å². The van der Waals surface area contributed by atoms with E-state index in [0.717, 1.165) is 22.8 Å². The molecule has 1 radical (unpaired) electrons. The quantitative estimate of drug-likeness (QED) is 0.873. The van der Waals surface area contributed by atoms with E-state index in [2.05, 4.69) is 24.5 Å². The Hall–Kier alpha value is -2.16. The van der Waals surface area contributed by atoms with Crippen molar-refractivity contribution in [2.24, 2.45) is 0 Å². The summed E-state index contributed by atoms with van der Waals surface area (Å²) in [5, 5.41) is 7.98. The third kappa shape index (κ3) is 3.65. The van der Waals surface area contributed by atoms with E-state index in [0.29, 0.717) is 0 Å². The van der Waals surface area contributed by atoms with Crippen molar-refractivity contribution in [1.29, 1.82) is 0 Å². The molecule has 3 nitrogen and oxygen atoms in total. The first kappa shape index (κ1) is 13.3. The lowest BCUT2D eigenvalue weighted by Gasteiger charge is -2.14. The van der Waals surface area contributed by atoms with E-state index in [-0.39, 0.29) is 6.04 Å². The van der Waals surface area contributed by atoms with Crippen molar-refractivity contribution >= 4 is 17.1 Å². The molecule has 1 N–H and O–H groups in total. The normalized spacial score (nSPS) is 10.3. The van der Waals surface area contributed by atoms with Gasteiger partial charge in [0.1, 0.15) is 5.75 Å². The minimum Gasteiger partial charge on any atom is -0.497 e. The lowest BCUT2D eigenvalue weighted by Crippen LogP contribution is -2.09. The molecule has 0 saturated carbocycles. The van der Waals surface area contributed by atoms with Gasteiger partial charge in [-0.1, -0.05) is 12.1 Å². The van der Waals surface area contributed by atoms with Crippen LogP contribution in [0, 0.1) is 0 Å². The first-order valence-corrected chi connectivity index (χ1v) is 6.40. The van der Waals surface area contributed by atoms with Gasteiger partial charge < -0.3 is 10.1 Å². The maximum atomic E-state index is 5.15. The monoisotopic (exact) mass is 255 g/mol. The summed E-state index contributed by atoms with van der Waals surface area (Å²) >= 11 is 0. The molecule has 0 spiro atoms. The van der Waals surface area contributed by atoms with E-state index in [1.54, 1.807) is 7.11 Å². The predicted octanol–water partition coefficient (Wildman–Crippen LogP) is 4.08. The molecule has 0 amide bonds. The molecular weight excluding hydrogens is 236 g/mol. The summed E-state index contributed by atoms with van der Waals surface area (Å²) < 4.78 is 5.15. The number of anilines is 2. The molecule has 99 valence electrons. The van der Waals surface area contributed by atoms with E-state index in [9.17, 15) is 0 Å². The molecule has 0 aromatic heterocycles. The average molecular weight is 255 g/mol. The molecule has 0 aliphatic carbocycles. The Labute approximate surface area is 114 Å². The number of nitrogens with zero attached hydrogens (tertiary/aromatic N) is 1. The minimum atomic E-state index is 0.277. The standard InChI is InChI=1S/C16H19N2O/c1-12(2)17-15-6-4-5-7-16(15)18-13-8-10-14(19-3)11-9-13/h4-12,18H,1-3H3. The fourth-order valence-corrected chi connectivity index (χ4v) is 1.80. The van der Waals surface area contributed by atoms with E-state index in [4.69, 9.17) is 4.74 Å². The summed E-state index contributed by atoms with van der Waals surface area (Å²) in [4.78, 5) is 0. The second kappa shape index (κ2) is 6.14. The summed E-state index contributed by atoms with van der Waals surface area (Å²) in [5.74, 6) is 0.853. The molecular formula is C16H19N2O. The van der Waals surface area contributed by atoms with Crippen LogP contribution in [0.1, 0.15) is 13.8 Å². The molecule has 0 atom stereocenters. The summed E-state index contributed by atoms with van der Waals surface area (Å²) in [6.45, 7) is 4.15. The lowest BCUT2D eigenvalue weighted by atomic mass is 10.2. The van der Waals surface area contributed by atoms with Gasteiger partial charge in [0.05, 0.1) is 18.5 Å². The first-order valence-electron chi connectivity index (χ1n) is 6.40. The van der Waals surface area contributed by atoms with Gasteiger partial charge in [0.25, 0.3) is 0 Å². The molecule has 0 saturated heterocycles. The van der Waals surface area contributed by atoms with Crippen LogP contribution in [0.5, 0.6) is 5.75 Å². The second-order valence-electron chi connectivity index (χ2n) is 4.59. The Morgan fingerprint density at radius 1 is 1.00 bits per heavy atom. The van der Waals surface area contributed by atoms with Crippen LogP contribution in [-0.2, 0) is 0 Å². The van der Waals surface area contributed by atoms with E-state index < -0.39 is 0 Å². The number of para-hydroxylation sites is 2. The summed E-state index contributed by atoms with van der Waals surface area (Å²) in [6, 6.07) is 16.2. The van der Waals surface area contributed by atoms with E-state index in [1.807, 2.05) is 48.5 Å². The molecule has 0 aliphatic heterocycles. The van der Waals surface area contributed by atoms with Crippen molar-refractivity contribution in [3.8, 4) is 5.75 Å². The summed E-state index contributed by atoms with van der Waals surface area (Å²) in [5.41, 5.74) is 3.02. The number of nitrogens with one attached hydrogen (secondary N) is 1. The zero-order valence-corrected chi connectivity index (χ0v) is 11.6. The van der Waals surface area contributed by atoms with Crippen LogP contribution >= 0.6 is 0 Å². The maximum absolute atomic E-state index is 5.15. The SMILES string of the molecule is COc1ccc(Nc2ccccc2[N]C(C)C)cc1. The fourth-order valence-electron chi connectivity index (χ4n) is 1.80. The van der Waals surface area contributed by atoms with Crippen molar-refractivity contribution in [2.45, 2.75) is 19.9 Å². The molecule has 0 aliphatic rings. The highest BCUT2D eigenvalue weighted by molar-refractivity contribution is 5.71. The van der Waals surface area contributed by atoms with Gasteiger partial charge in [-0.3, -0.25) is 5.32 Å². The smallest absolute Gasteiger partial charge is 0.119 e. The van der Waals surface area contributed by atoms with Gasteiger partial charge in [-0.05, 0) is 50.2 Å². The van der Waals surface area contributed by atoms with Crippen LogP contribution in [0.2, 0.25) is 0 Å². The predicted molar refractivity (Wildman–Crippen MR) is 79.6 cm³/mol. The molecule has 0 fully saturated rings. The highest BCUT2D eigenvalue weighted by Gasteiger charge is 2.05. The highest BCUT2D eigenvalue weighted by atomic mass is 16.5. The molecule has 0 unspecified atom stereocenters. The zero-order chi connectivity index (χ0) is 13.7. The fraction of sp³-hybridized carbons (Fsp3) is 0.250. The van der Waals surface area contributed by atoms with Crippen molar-refractivity contribution in [1.82, 2.24) is 5.32 Å². The Kier molecular flexibility index (Phi) is 4.29. The Balaban J connectivity index is 2.17. The van der Waals surface area contributed by atoms with Crippen molar-refractivity contribution in [3.63, 3.8) is 0 Å². The largest absolute Gasteiger partial charge is 0.497 e. The van der Waals surface area contributed by atoms with E-state index in [1.165, 1.54) is 0 Å². The molecule has 2 aromatic rings. The number of ether oxygens (including phenoxy) is 1. The van der Waals surface area contributed by atoms with Crippen LogP contribution in [0.25, 0.3) is 0 Å². The minimum absolute atomic E-state index is 0.277. The highest BCUT2D eigenvalue weighted by Crippen LogP contribution is 2.26. The second-order valence-corrected chi connectivity index (χ2v) is 4.59. The number of hydrogen-bond acceptors (Lipinski definition) is 2. The third-order valence-electron chi connectivity index (χ3n) is 2.67. The van der Waals surface area contributed by atoms with Crippen LogP contribution in [-0.4, -0.2) is 13.2 Å². The van der Waals surface area contributed by atoms with Gasteiger partial charge in [0, 0.05) is 11.7 Å². The Morgan fingerprint density at radius 3 is 2.32 bits per heavy atom. The first-order chi connectivity index (χ1) is 9.19. The molecule has 0 bridgehead atoms. The topological polar surface area (TPSA) is 35.4 Å². The number of benzene rings is 2. The van der Waals surface area contributed by atoms with Gasteiger partial charge in [0.15, 0.2) is 0 Å². The summed E-state index contributed by atoms with van der Waals surface area (Å²) in [6.07, 6.45) is 0. The number of methoxy groups -OCH3 is 1. The van der Waals surface area contributed by atoms with Crippen molar-refractivity contribution in [3.05, 3.63) is 48.5 Å². The molecule has 2 aromatic carbocycles. The maximum Gasteiger partial charge on any atom is 0.119 e. The van der Waals surface area contributed by atoms with Gasteiger partial charge >= 0.3 is 0 Å². The number of rotatable bonds is 5. The Morgan fingerprint density at radius 2 is 1.68 bits per heavy atom. The van der Waals surface area contributed by atoms with Crippen molar-refractivity contribution < 1.29 is 4.74 Å². The van der Waals surface area contributed by atoms with Crippen molar-refractivity contribution in [2.75, 3.05) is 12.4 Å². The van der Waals surface area contributed by atoms with Gasteiger partial charge in [-0.25, -0.2) is 0 Å². The van der Waals surface area contributed by atoms with Crippen LogP contribution in [0.15, 0.2) is 48.5 Å². The molecule has 2 rings (SSSR count). The van der Waals surface area contributed by atoms with Crippen LogP contribution < -0.4 is 15.4 Å². The van der Waals surface area contributed by atoms with E-state index >= 15 is 0 Å². The lowest BCUT2D eigenvalue weighted by molar-refractivity contribution is 0.415. The van der Waals surface area contributed by atoms with Gasteiger partial charge in [-0.15, -0.1) is 0 Å². The Bertz CT molecular complexity index is 521. The molecule has 19 heavy (non-hydrogen) atoms. The van der Waals surface area contributed by atoms with Crippen LogP contribution in [0.3, 0.4) is 0 Å². The number of hydrogen-bond donors (Lipinski definition) is 1. The molecule has 0 heterocycles.